The summed E-state index contributed by atoms with van der Waals surface area (Å²) in [6, 6.07) is 14.9. The molecule has 0 bridgehead atoms. The van der Waals surface area contributed by atoms with Crippen LogP contribution >= 0.6 is 27.7 Å². The molecule has 26 heavy (non-hydrogen) atoms. The second-order valence-electron chi connectivity index (χ2n) is 5.46. The molecule has 1 N–H and O–H groups in total. The van der Waals surface area contributed by atoms with Gasteiger partial charge in [0, 0.05) is 10.2 Å². The molecule has 1 heterocycles. The summed E-state index contributed by atoms with van der Waals surface area (Å²) >= 11 is 4.34. The van der Waals surface area contributed by atoms with Crippen molar-refractivity contribution >= 4 is 50.6 Å². The smallest absolute Gasteiger partial charge is 0.295 e. The van der Waals surface area contributed by atoms with Crippen molar-refractivity contribution in [2.24, 2.45) is 0 Å². The van der Waals surface area contributed by atoms with Crippen LogP contribution in [0.1, 0.15) is 12.5 Å². The third kappa shape index (κ3) is 4.47. The van der Waals surface area contributed by atoms with Crippen LogP contribution < -0.4 is 10.1 Å². The predicted molar refractivity (Wildman–Crippen MR) is 108 cm³/mol. The highest BCUT2D eigenvalue weighted by Gasteiger charge is 2.34. The highest BCUT2D eigenvalue weighted by atomic mass is 79.9. The van der Waals surface area contributed by atoms with E-state index >= 15 is 0 Å². The summed E-state index contributed by atoms with van der Waals surface area (Å²) in [6.07, 6.45) is 1.72. The zero-order chi connectivity index (χ0) is 18.5. The van der Waals surface area contributed by atoms with Crippen molar-refractivity contribution in [2.75, 3.05) is 18.6 Å². The number of rotatable bonds is 6. The molecule has 1 aliphatic rings. The Morgan fingerprint density at radius 2 is 1.96 bits per heavy atom. The lowest BCUT2D eigenvalue weighted by Gasteiger charge is -2.14. The van der Waals surface area contributed by atoms with Crippen molar-refractivity contribution in [2.45, 2.75) is 6.92 Å². The fourth-order valence-corrected chi connectivity index (χ4v) is 3.62. The van der Waals surface area contributed by atoms with Crippen molar-refractivity contribution in [3.8, 4) is 5.75 Å². The molecule has 3 rings (SSSR count). The van der Waals surface area contributed by atoms with E-state index in [1.807, 2.05) is 55.5 Å². The number of ether oxygens (including phenoxy) is 1. The van der Waals surface area contributed by atoms with Gasteiger partial charge in [-0.2, -0.15) is 0 Å². The molecule has 5 nitrogen and oxygen atoms in total. The van der Waals surface area contributed by atoms with Crippen LogP contribution in [0.3, 0.4) is 0 Å². The van der Waals surface area contributed by atoms with E-state index in [4.69, 9.17) is 4.74 Å². The number of halogens is 1. The lowest BCUT2D eigenvalue weighted by molar-refractivity contribution is -0.122. The van der Waals surface area contributed by atoms with Crippen LogP contribution in [-0.2, 0) is 4.79 Å². The van der Waals surface area contributed by atoms with E-state index in [0.29, 0.717) is 11.5 Å². The van der Waals surface area contributed by atoms with Gasteiger partial charge in [-0.1, -0.05) is 34.1 Å². The van der Waals surface area contributed by atoms with Gasteiger partial charge >= 0.3 is 0 Å². The number of anilines is 1. The summed E-state index contributed by atoms with van der Waals surface area (Å²) in [5.74, 6) is 0.479. The topological polar surface area (TPSA) is 58.6 Å². The highest BCUT2D eigenvalue weighted by Crippen LogP contribution is 2.32. The van der Waals surface area contributed by atoms with E-state index in [1.165, 1.54) is 4.90 Å². The van der Waals surface area contributed by atoms with Gasteiger partial charge in [0.1, 0.15) is 5.75 Å². The minimum atomic E-state index is -0.295. The Bertz CT molecular complexity index is 852. The number of thioether (sulfide) groups is 1. The average Bonchev–Trinajstić information content (AvgIpc) is 2.88. The maximum absolute atomic E-state index is 12.5. The van der Waals surface area contributed by atoms with Gasteiger partial charge < -0.3 is 10.1 Å². The number of amides is 2. The number of nitrogens with zero attached hydrogens (tertiary/aromatic N) is 1. The maximum Gasteiger partial charge on any atom is 0.295 e. The molecule has 0 aliphatic carbocycles. The normalized spacial score (nSPS) is 15.6. The Hall–Kier alpha value is -2.25. The lowest BCUT2D eigenvalue weighted by Crippen LogP contribution is -2.33. The molecule has 2 aromatic rings. The van der Waals surface area contributed by atoms with Gasteiger partial charge in [-0.05, 0) is 60.7 Å². The van der Waals surface area contributed by atoms with Crippen LogP contribution in [0, 0.1) is 0 Å². The van der Waals surface area contributed by atoms with Crippen LogP contribution in [0.15, 0.2) is 57.9 Å². The molecule has 0 atom stereocenters. The Morgan fingerprint density at radius 1 is 1.19 bits per heavy atom. The molecule has 0 saturated carbocycles. The minimum Gasteiger partial charge on any atom is -0.494 e. The lowest BCUT2D eigenvalue weighted by atomic mass is 10.2. The van der Waals surface area contributed by atoms with Gasteiger partial charge in [0.2, 0.25) is 0 Å². The fraction of sp³-hybridized carbons (Fsp3) is 0.158. The van der Waals surface area contributed by atoms with Crippen LogP contribution in [-0.4, -0.2) is 29.3 Å². The Labute approximate surface area is 164 Å². The van der Waals surface area contributed by atoms with E-state index in [2.05, 4.69) is 21.2 Å². The Morgan fingerprint density at radius 3 is 2.65 bits per heavy atom. The summed E-state index contributed by atoms with van der Waals surface area (Å²) in [7, 11) is 0. The van der Waals surface area contributed by atoms with Crippen molar-refractivity contribution in [3.05, 3.63) is 63.5 Å². The van der Waals surface area contributed by atoms with Gasteiger partial charge in [0.05, 0.1) is 18.2 Å². The monoisotopic (exact) mass is 432 g/mol. The number of benzene rings is 2. The highest BCUT2D eigenvalue weighted by molar-refractivity contribution is 9.10. The first-order chi connectivity index (χ1) is 12.6. The number of imide groups is 1. The number of carbonyl (C=O) groups excluding carboxylic acids is 2. The second kappa shape index (κ2) is 8.42. The number of hydrogen-bond acceptors (Lipinski definition) is 5. The Balaban J connectivity index is 1.67. The molecule has 1 aliphatic heterocycles. The molecule has 2 aromatic carbocycles. The van der Waals surface area contributed by atoms with Crippen LogP contribution in [0.4, 0.5) is 10.5 Å². The quantitative estimate of drug-likeness (QED) is 0.653. The molecule has 0 radical (unpaired) electrons. The summed E-state index contributed by atoms with van der Waals surface area (Å²) in [5, 5.41) is 2.81. The van der Waals surface area contributed by atoms with E-state index in [-0.39, 0.29) is 17.8 Å². The molecule has 1 saturated heterocycles. The first-order valence-corrected chi connectivity index (χ1v) is 9.65. The van der Waals surface area contributed by atoms with Crippen LogP contribution in [0.25, 0.3) is 6.08 Å². The van der Waals surface area contributed by atoms with E-state index in [1.54, 1.807) is 6.08 Å². The van der Waals surface area contributed by atoms with Gasteiger partial charge in [-0.15, -0.1) is 0 Å². The molecule has 0 aromatic heterocycles. The minimum absolute atomic E-state index is 0.127. The molecule has 2 amide bonds. The van der Waals surface area contributed by atoms with E-state index < -0.39 is 0 Å². The van der Waals surface area contributed by atoms with Crippen molar-refractivity contribution in [3.63, 3.8) is 0 Å². The SMILES string of the molecule is CCOc1ccc(C=C2SC(=O)N(CNc3cccc(Br)c3)C2=O)cc1. The number of carbonyl (C=O) groups is 2. The van der Waals surface area contributed by atoms with Crippen molar-refractivity contribution in [1.29, 1.82) is 0 Å². The van der Waals surface area contributed by atoms with Crippen LogP contribution in [0.2, 0.25) is 0 Å². The summed E-state index contributed by atoms with van der Waals surface area (Å²) < 4.78 is 6.32. The van der Waals surface area contributed by atoms with Gasteiger partial charge in [0.15, 0.2) is 0 Å². The molecule has 7 heteroatoms. The Kier molecular flexibility index (Phi) is 6.00. The van der Waals surface area contributed by atoms with E-state index in [9.17, 15) is 9.59 Å². The maximum atomic E-state index is 12.5. The molecule has 0 unspecified atom stereocenters. The number of hydrogen-bond donors (Lipinski definition) is 1. The molecule has 0 spiro atoms. The fourth-order valence-electron chi connectivity index (χ4n) is 2.38. The van der Waals surface area contributed by atoms with Crippen molar-refractivity contribution in [1.82, 2.24) is 4.90 Å². The standard InChI is InChI=1S/C19H17BrN2O3S/c1-2-25-16-8-6-13(7-9-16)10-17-18(23)22(19(24)26-17)12-21-15-5-3-4-14(20)11-15/h3-11,21H,2,12H2,1H3. The first-order valence-electron chi connectivity index (χ1n) is 8.04. The summed E-state index contributed by atoms with van der Waals surface area (Å²) in [6.45, 7) is 2.65. The first kappa shape index (κ1) is 18.5. The zero-order valence-corrected chi connectivity index (χ0v) is 16.5. The number of nitrogens with one attached hydrogen (secondary N) is 1. The van der Waals surface area contributed by atoms with E-state index in [0.717, 1.165) is 33.2 Å². The third-order valence-corrected chi connectivity index (χ3v) is 5.03. The molecular formula is C19H17BrN2O3S. The largest absolute Gasteiger partial charge is 0.494 e. The van der Waals surface area contributed by atoms with Crippen LogP contribution in [0.5, 0.6) is 5.75 Å². The van der Waals surface area contributed by atoms with Gasteiger partial charge in [0.25, 0.3) is 11.1 Å². The second-order valence-corrected chi connectivity index (χ2v) is 7.37. The molecule has 134 valence electrons. The summed E-state index contributed by atoms with van der Waals surface area (Å²) in [4.78, 5) is 26.3. The van der Waals surface area contributed by atoms with Gasteiger partial charge in [-0.25, -0.2) is 0 Å². The summed E-state index contributed by atoms with van der Waals surface area (Å²) in [5.41, 5.74) is 1.67. The predicted octanol–water partition coefficient (Wildman–Crippen LogP) is 4.95. The van der Waals surface area contributed by atoms with Gasteiger partial charge in [-0.3, -0.25) is 14.5 Å². The van der Waals surface area contributed by atoms with Crippen molar-refractivity contribution < 1.29 is 14.3 Å². The molecule has 1 fully saturated rings. The third-order valence-electron chi connectivity index (χ3n) is 3.63. The average molecular weight is 433 g/mol. The zero-order valence-electron chi connectivity index (χ0n) is 14.1. The molecular weight excluding hydrogens is 416 g/mol.